The van der Waals surface area contributed by atoms with E-state index < -0.39 is 4.92 Å². The van der Waals surface area contributed by atoms with Gasteiger partial charge in [0.1, 0.15) is 0 Å². The standard InChI is InChI=1S/C9H14BrN3O2/c1-8-7-12(6-4-2-3-5-10)11-9(8)13(14)15/h7H,2-6H2,1H3. The number of nitro groups is 1. The zero-order valence-electron chi connectivity index (χ0n) is 8.65. The van der Waals surface area contributed by atoms with Crippen LogP contribution in [0.5, 0.6) is 0 Å². The lowest BCUT2D eigenvalue weighted by Gasteiger charge is -1.95. The number of nitrogens with zero attached hydrogens (tertiary/aromatic N) is 3. The molecule has 1 aromatic rings. The van der Waals surface area contributed by atoms with Crippen LogP contribution in [-0.2, 0) is 6.54 Å². The van der Waals surface area contributed by atoms with Crippen molar-refractivity contribution in [2.45, 2.75) is 32.7 Å². The fourth-order valence-electron chi connectivity index (χ4n) is 1.35. The van der Waals surface area contributed by atoms with Gasteiger partial charge in [-0.25, -0.2) is 0 Å². The number of alkyl halides is 1. The Labute approximate surface area is 96.7 Å². The molecule has 15 heavy (non-hydrogen) atoms. The van der Waals surface area contributed by atoms with E-state index in [0.29, 0.717) is 5.56 Å². The molecule has 84 valence electrons. The normalized spacial score (nSPS) is 10.5. The van der Waals surface area contributed by atoms with Gasteiger partial charge in [-0.15, -0.1) is 0 Å². The van der Waals surface area contributed by atoms with Crippen LogP contribution in [0.2, 0.25) is 0 Å². The molecule has 0 N–H and O–H groups in total. The van der Waals surface area contributed by atoms with Gasteiger partial charge in [-0.05, 0) is 24.7 Å². The van der Waals surface area contributed by atoms with E-state index in [1.165, 1.54) is 0 Å². The largest absolute Gasteiger partial charge is 0.392 e. The van der Waals surface area contributed by atoms with E-state index >= 15 is 0 Å². The maximum absolute atomic E-state index is 10.5. The van der Waals surface area contributed by atoms with Gasteiger partial charge in [0.2, 0.25) is 0 Å². The van der Waals surface area contributed by atoms with Crippen LogP contribution in [0, 0.1) is 17.0 Å². The summed E-state index contributed by atoms with van der Waals surface area (Å²) in [6.07, 6.45) is 4.97. The van der Waals surface area contributed by atoms with Crippen LogP contribution in [0.15, 0.2) is 6.20 Å². The molecule has 1 aromatic heterocycles. The van der Waals surface area contributed by atoms with Crippen molar-refractivity contribution in [1.82, 2.24) is 9.78 Å². The van der Waals surface area contributed by atoms with Gasteiger partial charge < -0.3 is 10.1 Å². The van der Waals surface area contributed by atoms with Crippen molar-refractivity contribution in [3.8, 4) is 0 Å². The highest BCUT2D eigenvalue weighted by Crippen LogP contribution is 2.14. The monoisotopic (exact) mass is 275 g/mol. The molecule has 0 aliphatic rings. The summed E-state index contributed by atoms with van der Waals surface area (Å²) >= 11 is 3.36. The molecule has 0 amide bonds. The highest BCUT2D eigenvalue weighted by atomic mass is 79.9. The summed E-state index contributed by atoms with van der Waals surface area (Å²) < 4.78 is 1.65. The van der Waals surface area contributed by atoms with Crippen LogP contribution >= 0.6 is 15.9 Å². The molecule has 5 nitrogen and oxygen atoms in total. The third-order valence-corrected chi connectivity index (χ3v) is 2.67. The second-order valence-corrected chi connectivity index (χ2v) is 4.20. The summed E-state index contributed by atoms with van der Waals surface area (Å²) in [5.74, 6) is -0.0320. The smallest absolute Gasteiger partial charge is 0.358 e. The van der Waals surface area contributed by atoms with Crippen LogP contribution in [0.4, 0.5) is 5.82 Å². The zero-order chi connectivity index (χ0) is 11.3. The minimum atomic E-state index is -0.440. The maximum atomic E-state index is 10.5. The Bertz CT molecular complexity index is 338. The molecular weight excluding hydrogens is 262 g/mol. The molecule has 0 bridgehead atoms. The molecule has 0 saturated heterocycles. The Morgan fingerprint density at radius 1 is 1.53 bits per heavy atom. The van der Waals surface area contributed by atoms with Gasteiger partial charge in [-0.2, -0.15) is 4.68 Å². The van der Waals surface area contributed by atoms with E-state index in [1.54, 1.807) is 17.8 Å². The highest BCUT2D eigenvalue weighted by molar-refractivity contribution is 9.09. The Balaban J connectivity index is 2.48. The molecule has 1 rings (SSSR count). The van der Waals surface area contributed by atoms with E-state index in [1.807, 2.05) is 0 Å². The van der Waals surface area contributed by atoms with Gasteiger partial charge in [-0.3, -0.25) is 0 Å². The van der Waals surface area contributed by atoms with Crippen molar-refractivity contribution < 1.29 is 4.92 Å². The number of hydrogen-bond acceptors (Lipinski definition) is 3. The lowest BCUT2D eigenvalue weighted by atomic mass is 10.2. The van der Waals surface area contributed by atoms with Crippen LogP contribution in [-0.4, -0.2) is 20.0 Å². The quantitative estimate of drug-likeness (QED) is 0.347. The van der Waals surface area contributed by atoms with Crippen molar-refractivity contribution in [3.63, 3.8) is 0 Å². The van der Waals surface area contributed by atoms with E-state index in [4.69, 9.17) is 0 Å². The van der Waals surface area contributed by atoms with Crippen molar-refractivity contribution in [3.05, 3.63) is 21.9 Å². The van der Waals surface area contributed by atoms with Gasteiger partial charge in [0.15, 0.2) is 0 Å². The van der Waals surface area contributed by atoms with Gasteiger partial charge in [0, 0.05) is 5.33 Å². The number of rotatable bonds is 6. The molecular formula is C9H14BrN3O2. The number of hydrogen-bond donors (Lipinski definition) is 0. The minimum Gasteiger partial charge on any atom is -0.358 e. The summed E-state index contributed by atoms with van der Waals surface area (Å²) in [6.45, 7) is 2.46. The second kappa shape index (κ2) is 5.85. The molecule has 0 radical (unpaired) electrons. The number of aryl methyl sites for hydroxylation is 2. The summed E-state index contributed by atoms with van der Waals surface area (Å²) in [5, 5.41) is 15.5. The maximum Gasteiger partial charge on any atom is 0.392 e. The van der Waals surface area contributed by atoms with Gasteiger partial charge in [0.05, 0.1) is 23.4 Å². The predicted molar refractivity (Wildman–Crippen MR) is 61.3 cm³/mol. The average Bonchev–Trinajstić information content (AvgIpc) is 2.55. The molecule has 0 aliphatic heterocycles. The minimum absolute atomic E-state index is 0.0320. The fourth-order valence-corrected chi connectivity index (χ4v) is 1.75. The van der Waals surface area contributed by atoms with Gasteiger partial charge in [-0.1, -0.05) is 22.4 Å². The molecule has 0 aromatic carbocycles. The molecule has 0 saturated carbocycles. The van der Waals surface area contributed by atoms with E-state index in [-0.39, 0.29) is 5.82 Å². The number of unbranched alkanes of at least 4 members (excludes halogenated alkanes) is 2. The molecule has 1 heterocycles. The summed E-state index contributed by atoms with van der Waals surface area (Å²) in [5.41, 5.74) is 0.625. The summed E-state index contributed by atoms with van der Waals surface area (Å²) in [7, 11) is 0. The first kappa shape index (κ1) is 12.2. The molecule has 0 fully saturated rings. The highest BCUT2D eigenvalue weighted by Gasteiger charge is 2.16. The number of halogens is 1. The summed E-state index contributed by atoms with van der Waals surface area (Å²) in [4.78, 5) is 10.1. The fraction of sp³-hybridized carbons (Fsp3) is 0.667. The SMILES string of the molecule is Cc1cn(CCCCCBr)nc1[N+](=O)[O-]. The van der Waals surface area contributed by atoms with Crippen LogP contribution in [0.3, 0.4) is 0 Å². The lowest BCUT2D eigenvalue weighted by Crippen LogP contribution is -1.99. The molecule has 0 atom stereocenters. The average molecular weight is 276 g/mol. The number of aromatic nitrogens is 2. The second-order valence-electron chi connectivity index (χ2n) is 3.41. The molecule has 0 unspecified atom stereocenters. The van der Waals surface area contributed by atoms with E-state index in [9.17, 15) is 10.1 Å². The third-order valence-electron chi connectivity index (χ3n) is 2.11. The van der Waals surface area contributed by atoms with Crippen molar-refractivity contribution >= 4 is 21.7 Å². The first-order valence-electron chi connectivity index (χ1n) is 4.89. The molecule has 0 spiro atoms. The van der Waals surface area contributed by atoms with Gasteiger partial charge >= 0.3 is 5.82 Å². The first-order chi connectivity index (χ1) is 7.15. The Morgan fingerprint density at radius 3 is 2.80 bits per heavy atom. The predicted octanol–water partition coefficient (Wildman–Crippen LogP) is 2.66. The van der Waals surface area contributed by atoms with E-state index in [2.05, 4.69) is 21.0 Å². The first-order valence-corrected chi connectivity index (χ1v) is 6.01. The lowest BCUT2D eigenvalue weighted by molar-refractivity contribution is -0.390. The molecule has 0 aliphatic carbocycles. The summed E-state index contributed by atoms with van der Waals surface area (Å²) in [6, 6.07) is 0. The Kier molecular flexibility index (Phi) is 4.74. The zero-order valence-corrected chi connectivity index (χ0v) is 10.2. The van der Waals surface area contributed by atoms with Crippen LogP contribution in [0.1, 0.15) is 24.8 Å². The Hall–Kier alpha value is -0.910. The van der Waals surface area contributed by atoms with Gasteiger partial charge in [0.25, 0.3) is 0 Å². The van der Waals surface area contributed by atoms with Crippen molar-refractivity contribution in [1.29, 1.82) is 0 Å². The van der Waals surface area contributed by atoms with E-state index in [0.717, 1.165) is 31.1 Å². The molecule has 6 heteroatoms. The van der Waals surface area contributed by atoms with Crippen LogP contribution in [0.25, 0.3) is 0 Å². The Morgan fingerprint density at radius 2 is 2.27 bits per heavy atom. The van der Waals surface area contributed by atoms with Crippen molar-refractivity contribution in [2.75, 3.05) is 5.33 Å². The van der Waals surface area contributed by atoms with Crippen molar-refractivity contribution in [2.24, 2.45) is 0 Å². The third kappa shape index (κ3) is 3.62. The van der Waals surface area contributed by atoms with Crippen LogP contribution < -0.4 is 0 Å². The topological polar surface area (TPSA) is 61.0 Å².